The highest BCUT2D eigenvalue weighted by atomic mass is 16.5. The van der Waals surface area contributed by atoms with Crippen LogP contribution in [0.15, 0.2) is 48.5 Å². The molecular formula is C20H22N2O3. The first kappa shape index (κ1) is 18.3. The van der Waals surface area contributed by atoms with Gasteiger partial charge in [-0.25, -0.2) is 0 Å². The van der Waals surface area contributed by atoms with E-state index < -0.39 is 0 Å². The van der Waals surface area contributed by atoms with Gasteiger partial charge in [0.2, 0.25) is 5.91 Å². The number of amides is 2. The molecule has 0 bridgehead atoms. The topological polar surface area (TPSA) is 58.6 Å². The predicted octanol–water partition coefficient (Wildman–Crippen LogP) is 3.36. The van der Waals surface area contributed by atoms with Crippen molar-refractivity contribution in [2.45, 2.75) is 6.92 Å². The largest absolute Gasteiger partial charge is 0.495 e. The van der Waals surface area contributed by atoms with Crippen LogP contribution in [0.25, 0.3) is 6.08 Å². The molecule has 2 aromatic rings. The van der Waals surface area contributed by atoms with E-state index in [0.717, 1.165) is 11.1 Å². The lowest BCUT2D eigenvalue weighted by Gasteiger charge is -2.10. The second kappa shape index (κ2) is 8.15. The van der Waals surface area contributed by atoms with Gasteiger partial charge < -0.3 is 15.0 Å². The van der Waals surface area contributed by atoms with E-state index in [0.29, 0.717) is 17.0 Å². The molecule has 0 aliphatic heterocycles. The van der Waals surface area contributed by atoms with Crippen LogP contribution >= 0.6 is 0 Å². The summed E-state index contributed by atoms with van der Waals surface area (Å²) in [6.45, 7) is 1.95. The van der Waals surface area contributed by atoms with Gasteiger partial charge in [-0.05, 0) is 48.4 Å². The number of hydrogen-bond donors (Lipinski definition) is 1. The van der Waals surface area contributed by atoms with Gasteiger partial charge >= 0.3 is 0 Å². The van der Waals surface area contributed by atoms with Crippen LogP contribution in [0.2, 0.25) is 0 Å². The zero-order chi connectivity index (χ0) is 18.4. The van der Waals surface area contributed by atoms with Crippen molar-refractivity contribution < 1.29 is 14.3 Å². The highest BCUT2D eigenvalue weighted by Crippen LogP contribution is 2.25. The number of carbonyl (C=O) groups excluding carboxylic acids is 2. The van der Waals surface area contributed by atoms with E-state index in [-0.39, 0.29) is 11.8 Å². The summed E-state index contributed by atoms with van der Waals surface area (Å²) in [5.41, 5.74) is 3.10. The fourth-order valence-electron chi connectivity index (χ4n) is 2.26. The summed E-state index contributed by atoms with van der Waals surface area (Å²) < 4.78 is 5.24. The molecule has 0 fully saturated rings. The number of nitrogens with zero attached hydrogens (tertiary/aromatic N) is 1. The molecular weight excluding hydrogens is 316 g/mol. The Morgan fingerprint density at radius 3 is 2.36 bits per heavy atom. The van der Waals surface area contributed by atoms with Gasteiger partial charge in [0.05, 0.1) is 12.8 Å². The number of aryl methyl sites for hydroxylation is 1. The molecule has 0 atom stereocenters. The van der Waals surface area contributed by atoms with Crippen LogP contribution in [0.4, 0.5) is 5.69 Å². The van der Waals surface area contributed by atoms with E-state index in [2.05, 4.69) is 5.32 Å². The third kappa shape index (κ3) is 4.94. The van der Waals surface area contributed by atoms with Crippen molar-refractivity contribution in [3.63, 3.8) is 0 Å². The second-order valence-electron chi connectivity index (χ2n) is 5.85. The monoisotopic (exact) mass is 338 g/mol. The van der Waals surface area contributed by atoms with Crippen molar-refractivity contribution in [2.24, 2.45) is 0 Å². The minimum atomic E-state index is -0.252. The van der Waals surface area contributed by atoms with Gasteiger partial charge in [0, 0.05) is 25.7 Å². The van der Waals surface area contributed by atoms with Crippen molar-refractivity contribution in [1.82, 2.24) is 4.90 Å². The SMILES string of the molecule is COc1ccc(C)cc1NC(=O)/C=C/c1ccc(C(=O)N(C)C)cc1. The zero-order valence-corrected chi connectivity index (χ0v) is 14.9. The Bertz CT molecular complexity index is 793. The number of hydrogen-bond acceptors (Lipinski definition) is 3. The van der Waals surface area contributed by atoms with E-state index in [1.54, 1.807) is 51.5 Å². The first-order chi connectivity index (χ1) is 11.9. The Morgan fingerprint density at radius 2 is 1.76 bits per heavy atom. The van der Waals surface area contributed by atoms with Crippen LogP contribution in [0, 0.1) is 6.92 Å². The average molecular weight is 338 g/mol. The van der Waals surface area contributed by atoms with Gasteiger partial charge in [-0.15, -0.1) is 0 Å². The Morgan fingerprint density at radius 1 is 1.08 bits per heavy atom. The van der Waals surface area contributed by atoms with Gasteiger partial charge in [-0.3, -0.25) is 9.59 Å². The highest BCUT2D eigenvalue weighted by molar-refractivity contribution is 6.03. The number of nitrogens with one attached hydrogen (secondary N) is 1. The molecule has 0 aliphatic rings. The molecule has 0 spiro atoms. The highest BCUT2D eigenvalue weighted by Gasteiger charge is 2.07. The van der Waals surface area contributed by atoms with Crippen LogP contribution in [0.5, 0.6) is 5.75 Å². The van der Waals surface area contributed by atoms with Gasteiger partial charge in [-0.2, -0.15) is 0 Å². The fourth-order valence-corrected chi connectivity index (χ4v) is 2.26. The number of benzene rings is 2. The summed E-state index contributed by atoms with van der Waals surface area (Å²) in [4.78, 5) is 25.5. The van der Waals surface area contributed by atoms with Crippen LogP contribution in [0.1, 0.15) is 21.5 Å². The summed E-state index contributed by atoms with van der Waals surface area (Å²) in [6, 6.07) is 12.7. The molecule has 5 heteroatoms. The van der Waals surface area contributed by atoms with E-state index >= 15 is 0 Å². The first-order valence-corrected chi connectivity index (χ1v) is 7.86. The molecule has 0 saturated heterocycles. The summed E-state index contributed by atoms with van der Waals surface area (Å²) in [5, 5.41) is 2.81. The predicted molar refractivity (Wildman–Crippen MR) is 99.9 cm³/mol. The molecule has 2 rings (SSSR count). The van der Waals surface area contributed by atoms with Crippen LogP contribution in [-0.4, -0.2) is 37.9 Å². The molecule has 1 N–H and O–H groups in total. The number of anilines is 1. The van der Waals surface area contributed by atoms with Crippen molar-refractivity contribution in [2.75, 3.05) is 26.5 Å². The van der Waals surface area contributed by atoms with Gasteiger partial charge in [0.15, 0.2) is 0 Å². The number of ether oxygens (including phenoxy) is 1. The second-order valence-corrected chi connectivity index (χ2v) is 5.85. The maximum absolute atomic E-state index is 12.1. The molecule has 0 aliphatic carbocycles. The molecule has 0 heterocycles. The molecule has 2 amide bonds. The minimum absolute atomic E-state index is 0.0557. The Balaban J connectivity index is 2.05. The lowest BCUT2D eigenvalue weighted by atomic mass is 10.1. The van der Waals surface area contributed by atoms with Crippen molar-refractivity contribution in [1.29, 1.82) is 0 Å². The lowest BCUT2D eigenvalue weighted by molar-refractivity contribution is -0.111. The van der Waals surface area contributed by atoms with E-state index in [1.807, 2.05) is 25.1 Å². The summed E-state index contributed by atoms with van der Waals surface area (Å²) in [6.07, 6.45) is 3.14. The molecule has 0 saturated carbocycles. The summed E-state index contributed by atoms with van der Waals surface area (Å²) in [7, 11) is 4.98. The molecule has 5 nitrogen and oxygen atoms in total. The van der Waals surface area contributed by atoms with Crippen LogP contribution in [-0.2, 0) is 4.79 Å². The number of carbonyl (C=O) groups is 2. The van der Waals surface area contributed by atoms with Gasteiger partial charge in [0.25, 0.3) is 5.91 Å². The quantitative estimate of drug-likeness (QED) is 0.851. The van der Waals surface area contributed by atoms with E-state index in [9.17, 15) is 9.59 Å². The maximum Gasteiger partial charge on any atom is 0.253 e. The Kier molecular flexibility index (Phi) is 5.95. The van der Waals surface area contributed by atoms with Gasteiger partial charge in [-0.1, -0.05) is 18.2 Å². The first-order valence-electron chi connectivity index (χ1n) is 7.86. The molecule has 25 heavy (non-hydrogen) atoms. The number of rotatable bonds is 5. The van der Waals surface area contributed by atoms with Crippen LogP contribution in [0.3, 0.4) is 0 Å². The minimum Gasteiger partial charge on any atom is -0.495 e. The molecule has 0 radical (unpaired) electrons. The molecule has 130 valence electrons. The van der Waals surface area contributed by atoms with Crippen molar-refractivity contribution >= 4 is 23.6 Å². The number of methoxy groups -OCH3 is 1. The van der Waals surface area contributed by atoms with E-state index in [1.165, 1.54) is 11.0 Å². The Hall–Kier alpha value is -3.08. The normalized spacial score (nSPS) is 10.6. The van der Waals surface area contributed by atoms with E-state index in [4.69, 9.17) is 4.74 Å². The standard InChI is InChI=1S/C20H22N2O3/c1-14-5-11-18(25-4)17(13-14)21-19(23)12-8-15-6-9-16(10-7-15)20(24)22(2)3/h5-13H,1-4H3,(H,21,23)/b12-8+. The third-order valence-corrected chi connectivity index (χ3v) is 3.60. The molecule has 0 aromatic heterocycles. The van der Waals surface area contributed by atoms with Gasteiger partial charge in [0.1, 0.15) is 5.75 Å². The summed E-state index contributed by atoms with van der Waals surface area (Å²) in [5.74, 6) is 0.302. The molecule has 2 aromatic carbocycles. The maximum atomic E-state index is 12.1. The Labute approximate surface area is 147 Å². The lowest BCUT2D eigenvalue weighted by Crippen LogP contribution is -2.21. The van der Waals surface area contributed by atoms with Crippen molar-refractivity contribution in [3.05, 3.63) is 65.2 Å². The summed E-state index contributed by atoms with van der Waals surface area (Å²) >= 11 is 0. The van der Waals surface area contributed by atoms with Crippen LogP contribution < -0.4 is 10.1 Å². The smallest absolute Gasteiger partial charge is 0.253 e. The van der Waals surface area contributed by atoms with Crippen molar-refractivity contribution in [3.8, 4) is 5.75 Å². The zero-order valence-electron chi connectivity index (χ0n) is 14.9. The molecule has 0 unspecified atom stereocenters. The fraction of sp³-hybridized carbons (Fsp3) is 0.200. The average Bonchev–Trinajstić information content (AvgIpc) is 2.60. The third-order valence-electron chi connectivity index (χ3n) is 3.60.